The van der Waals surface area contributed by atoms with E-state index in [1.807, 2.05) is 55.4 Å². The third-order valence-electron chi connectivity index (χ3n) is 6.58. The van der Waals surface area contributed by atoms with E-state index in [0.29, 0.717) is 47.7 Å². The molecule has 1 heterocycles. The molecule has 43 heavy (non-hydrogen) atoms. The lowest BCUT2D eigenvalue weighted by Gasteiger charge is -2.13. The molecule has 0 saturated heterocycles. The zero-order chi connectivity index (χ0) is 30.7. The minimum atomic E-state index is -0.583. The molecular weight excluding hydrogens is 700 g/mol. The molecule has 0 aliphatic carbocycles. The van der Waals surface area contributed by atoms with E-state index in [2.05, 4.69) is 47.4 Å². The van der Waals surface area contributed by atoms with Gasteiger partial charge in [0.15, 0.2) is 5.75 Å². The van der Waals surface area contributed by atoms with E-state index in [9.17, 15) is 9.59 Å². The highest BCUT2D eigenvalue weighted by Crippen LogP contribution is 2.38. The van der Waals surface area contributed by atoms with Crippen molar-refractivity contribution >= 4 is 78.1 Å². The van der Waals surface area contributed by atoms with Gasteiger partial charge < -0.3 is 19.4 Å². The number of hydrogen-bond donors (Lipinski definition) is 2. The zero-order valence-corrected chi connectivity index (χ0v) is 27.2. The summed E-state index contributed by atoms with van der Waals surface area (Å²) >= 11 is 13.5. The highest BCUT2D eigenvalue weighted by atomic mass is 79.9. The largest absolute Gasteiger partial charge is 0.497 e. The smallest absolute Gasteiger partial charge is 0.343 e. The van der Waals surface area contributed by atoms with Crippen molar-refractivity contribution in [2.24, 2.45) is 5.10 Å². The number of H-pyrrole nitrogens is 1. The molecular formula is C32H25Br2ClN4O4. The van der Waals surface area contributed by atoms with E-state index in [0.717, 1.165) is 16.6 Å². The summed E-state index contributed by atoms with van der Waals surface area (Å²) in [6.07, 6.45) is 1.41. The van der Waals surface area contributed by atoms with E-state index in [4.69, 9.17) is 21.1 Å². The predicted octanol–water partition coefficient (Wildman–Crippen LogP) is 8.07. The van der Waals surface area contributed by atoms with Gasteiger partial charge in [0.2, 0.25) is 0 Å². The van der Waals surface area contributed by atoms with Crippen molar-refractivity contribution in [3.63, 3.8) is 0 Å². The Kier molecular flexibility index (Phi) is 9.19. The molecule has 4 aromatic carbocycles. The summed E-state index contributed by atoms with van der Waals surface area (Å²) in [4.78, 5) is 31.7. The van der Waals surface area contributed by atoms with E-state index < -0.39 is 11.9 Å². The van der Waals surface area contributed by atoms with Crippen LogP contribution in [-0.4, -0.2) is 44.3 Å². The van der Waals surface area contributed by atoms with Crippen LogP contribution in [0.25, 0.3) is 22.0 Å². The standard InChI is InChI=1S/C32H25Br2ClN4O4/c1-39(2)21-11-12-27-24(16-21)28(23-9-4-5-10-26(23)35)29(37-27)31(40)38-36-17-19-13-20(33)15-25(34)30(19)43-32(41)18-7-6-8-22(14-18)42-3/h4-17,37H,1-3H3,(H,38,40). The summed E-state index contributed by atoms with van der Waals surface area (Å²) in [6.45, 7) is 0. The second-order valence-electron chi connectivity index (χ2n) is 9.61. The van der Waals surface area contributed by atoms with E-state index in [1.165, 1.54) is 13.3 Å². The molecule has 0 bridgehead atoms. The number of carbonyl (C=O) groups is 2. The summed E-state index contributed by atoms with van der Waals surface area (Å²) < 4.78 is 12.2. The lowest BCUT2D eigenvalue weighted by atomic mass is 10.0. The van der Waals surface area contributed by atoms with E-state index in [1.54, 1.807) is 42.5 Å². The van der Waals surface area contributed by atoms with Crippen LogP contribution in [0.1, 0.15) is 26.4 Å². The number of nitrogens with zero attached hydrogens (tertiary/aromatic N) is 2. The minimum absolute atomic E-state index is 0.229. The third-order valence-corrected chi connectivity index (χ3v) is 7.95. The molecule has 11 heteroatoms. The quantitative estimate of drug-likeness (QED) is 0.0731. The van der Waals surface area contributed by atoms with Gasteiger partial charge in [-0.05, 0) is 70.5 Å². The number of fused-ring (bicyclic) bond motifs is 1. The molecule has 1 aromatic heterocycles. The van der Waals surface area contributed by atoms with Crippen molar-refractivity contribution in [3.05, 3.63) is 110 Å². The molecule has 5 aromatic rings. The number of esters is 1. The van der Waals surface area contributed by atoms with Crippen molar-refractivity contribution in [2.45, 2.75) is 0 Å². The van der Waals surface area contributed by atoms with Gasteiger partial charge in [0.1, 0.15) is 11.4 Å². The van der Waals surface area contributed by atoms with Gasteiger partial charge in [-0.1, -0.05) is 51.8 Å². The van der Waals surface area contributed by atoms with Crippen molar-refractivity contribution in [1.29, 1.82) is 0 Å². The number of methoxy groups -OCH3 is 1. The first-order chi connectivity index (χ1) is 20.7. The molecule has 2 N–H and O–H groups in total. The molecule has 8 nitrogen and oxygen atoms in total. The maximum atomic E-state index is 13.5. The number of hydrogen-bond acceptors (Lipinski definition) is 6. The van der Waals surface area contributed by atoms with Gasteiger partial charge in [-0.3, -0.25) is 4.79 Å². The van der Waals surface area contributed by atoms with Crippen LogP contribution in [0.3, 0.4) is 0 Å². The van der Waals surface area contributed by atoms with Gasteiger partial charge in [-0.25, -0.2) is 10.2 Å². The Morgan fingerprint density at radius 1 is 1.00 bits per heavy atom. The van der Waals surface area contributed by atoms with Crippen LogP contribution in [0.15, 0.2) is 92.9 Å². The number of carbonyl (C=O) groups excluding carboxylic acids is 2. The molecule has 0 aliphatic rings. The highest BCUT2D eigenvalue weighted by Gasteiger charge is 2.22. The molecule has 0 radical (unpaired) electrons. The van der Waals surface area contributed by atoms with E-state index >= 15 is 0 Å². The highest BCUT2D eigenvalue weighted by molar-refractivity contribution is 9.11. The van der Waals surface area contributed by atoms with Gasteiger partial charge in [0, 0.05) is 56.9 Å². The van der Waals surface area contributed by atoms with Crippen molar-refractivity contribution < 1.29 is 19.1 Å². The molecule has 0 spiro atoms. The second-order valence-corrected chi connectivity index (χ2v) is 11.8. The fourth-order valence-corrected chi connectivity index (χ4v) is 6.04. The maximum Gasteiger partial charge on any atom is 0.343 e. The van der Waals surface area contributed by atoms with Gasteiger partial charge in [-0.15, -0.1) is 0 Å². The first-order valence-corrected chi connectivity index (χ1v) is 14.9. The third kappa shape index (κ3) is 6.61. The predicted molar refractivity (Wildman–Crippen MR) is 178 cm³/mol. The van der Waals surface area contributed by atoms with Crippen LogP contribution in [-0.2, 0) is 0 Å². The number of aromatic nitrogens is 1. The van der Waals surface area contributed by atoms with Crippen LogP contribution < -0.4 is 19.8 Å². The Morgan fingerprint density at radius 2 is 1.79 bits per heavy atom. The first kappa shape index (κ1) is 30.3. The monoisotopic (exact) mass is 722 g/mol. The molecule has 218 valence electrons. The SMILES string of the molecule is COc1cccc(C(=O)Oc2c(Br)cc(Br)cc2C=NNC(=O)c2[nH]c3ccc(N(C)C)cc3c2-c2ccccc2Cl)c1. The summed E-state index contributed by atoms with van der Waals surface area (Å²) in [7, 11) is 5.43. The lowest BCUT2D eigenvalue weighted by Crippen LogP contribution is -2.19. The van der Waals surface area contributed by atoms with Gasteiger partial charge in [0.05, 0.1) is 23.4 Å². The Bertz CT molecular complexity index is 1890. The Hall–Kier alpha value is -4.12. The number of aromatic amines is 1. The fraction of sp³-hybridized carbons (Fsp3) is 0.0938. The number of ether oxygens (including phenoxy) is 2. The van der Waals surface area contributed by atoms with Crippen LogP contribution in [0.2, 0.25) is 5.02 Å². The first-order valence-electron chi connectivity index (χ1n) is 12.9. The van der Waals surface area contributed by atoms with Gasteiger partial charge >= 0.3 is 5.97 Å². The lowest BCUT2D eigenvalue weighted by molar-refractivity contribution is 0.0732. The van der Waals surface area contributed by atoms with E-state index in [-0.39, 0.29) is 5.75 Å². The summed E-state index contributed by atoms with van der Waals surface area (Å²) in [5.41, 5.74) is 6.78. The molecule has 0 fully saturated rings. The number of benzene rings is 4. The number of amides is 1. The number of anilines is 1. The van der Waals surface area contributed by atoms with Crippen LogP contribution in [0.5, 0.6) is 11.5 Å². The number of nitrogens with one attached hydrogen (secondary N) is 2. The number of rotatable bonds is 8. The summed E-state index contributed by atoms with van der Waals surface area (Å²) in [6, 6.07) is 23.4. The molecule has 0 unspecified atom stereocenters. The van der Waals surface area contributed by atoms with Gasteiger partial charge in [0.25, 0.3) is 5.91 Å². The van der Waals surface area contributed by atoms with Crippen LogP contribution >= 0.6 is 43.5 Å². The molecule has 0 aliphatic heterocycles. The van der Waals surface area contributed by atoms with Crippen molar-refractivity contribution in [3.8, 4) is 22.6 Å². The molecule has 0 atom stereocenters. The topological polar surface area (TPSA) is 96.0 Å². The number of hydrazone groups is 1. The van der Waals surface area contributed by atoms with Crippen LogP contribution in [0, 0.1) is 0 Å². The summed E-state index contributed by atoms with van der Waals surface area (Å²) in [5.74, 6) is -0.301. The van der Waals surface area contributed by atoms with Crippen molar-refractivity contribution in [1.82, 2.24) is 10.4 Å². The zero-order valence-electron chi connectivity index (χ0n) is 23.2. The minimum Gasteiger partial charge on any atom is -0.497 e. The Morgan fingerprint density at radius 3 is 2.53 bits per heavy atom. The average molecular weight is 725 g/mol. The van der Waals surface area contributed by atoms with Gasteiger partial charge in [-0.2, -0.15) is 5.10 Å². The normalized spacial score (nSPS) is 11.1. The molecule has 1 amide bonds. The molecule has 5 rings (SSSR count). The van der Waals surface area contributed by atoms with Crippen LogP contribution in [0.4, 0.5) is 5.69 Å². The average Bonchev–Trinajstić information content (AvgIpc) is 3.37. The second kappa shape index (κ2) is 13.0. The molecule has 0 saturated carbocycles. The number of halogens is 3. The van der Waals surface area contributed by atoms with Crippen molar-refractivity contribution in [2.75, 3.05) is 26.1 Å². The Balaban J connectivity index is 1.47. The fourth-order valence-electron chi connectivity index (χ4n) is 4.47. The Labute approximate surface area is 269 Å². The maximum absolute atomic E-state index is 13.5. The summed E-state index contributed by atoms with van der Waals surface area (Å²) in [5, 5.41) is 5.56.